The predicted octanol–water partition coefficient (Wildman–Crippen LogP) is 1.30. The van der Waals surface area contributed by atoms with Crippen LogP contribution in [-0.4, -0.2) is 41.7 Å². The first-order chi connectivity index (χ1) is 10.1. The molecule has 0 radical (unpaired) electrons. The lowest BCUT2D eigenvalue weighted by Crippen LogP contribution is -2.39. The third-order valence-corrected chi connectivity index (χ3v) is 5.19. The maximum absolute atomic E-state index is 12.1. The SMILES string of the molecule is NC(=O)CSc1ccccc1NC(=O)CC1CSCCN1. The van der Waals surface area contributed by atoms with Crippen LogP contribution >= 0.6 is 23.5 Å². The highest BCUT2D eigenvalue weighted by Gasteiger charge is 2.17. The number of anilines is 1. The van der Waals surface area contributed by atoms with E-state index in [0.29, 0.717) is 6.42 Å². The van der Waals surface area contributed by atoms with Gasteiger partial charge >= 0.3 is 0 Å². The molecule has 4 N–H and O–H groups in total. The minimum Gasteiger partial charge on any atom is -0.369 e. The van der Waals surface area contributed by atoms with Crippen LogP contribution in [0.15, 0.2) is 29.2 Å². The minimum atomic E-state index is -0.371. The van der Waals surface area contributed by atoms with Crippen LogP contribution in [0.4, 0.5) is 5.69 Å². The summed E-state index contributed by atoms with van der Waals surface area (Å²) in [6, 6.07) is 7.67. The Bertz CT molecular complexity index is 505. The average Bonchev–Trinajstić information content (AvgIpc) is 2.47. The van der Waals surface area contributed by atoms with Crippen molar-refractivity contribution in [2.75, 3.05) is 29.1 Å². The predicted molar refractivity (Wildman–Crippen MR) is 88.7 cm³/mol. The smallest absolute Gasteiger partial charge is 0.227 e. The van der Waals surface area contributed by atoms with Crippen LogP contribution in [0.2, 0.25) is 0 Å². The van der Waals surface area contributed by atoms with E-state index in [4.69, 9.17) is 5.73 Å². The summed E-state index contributed by atoms with van der Waals surface area (Å²) >= 11 is 3.20. The van der Waals surface area contributed by atoms with E-state index in [9.17, 15) is 9.59 Å². The largest absolute Gasteiger partial charge is 0.369 e. The van der Waals surface area contributed by atoms with Gasteiger partial charge in [-0.05, 0) is 12.1 Å². The van der Waals surface area contributed by atoms with Crippen molar-refractivity contribution in [1.82, 2.24) is 5.32 Å². The van der Waals surface area contributed by atoms with Crippen LogP contribution < -0.4 is 16.4 Å². The highest BCUT2D eigenvalue weighted by Crippen LogP contribution is 2.27. The topological polar surface area (TPSA) is 84.2 Å². The van der Waals surface area contributed by atoms with Gasteiger partial charge in [0.1, 0.15) is 0 Å². The second-order valence-electron chi connectivity index (χ2n) is 4.73. The molecule has 1 saturated heterocycles. The van der Waals surface area contributed by atoms with Crippen molar-refractivity contribution in [3.8, 4) is 0 Å². The lowest BCUT2D eigenvalue weighted by molar-refractivity contribution is -0.117. The number of nitrogens with one attached hydrogen (secondary N) is 2. The fourth-order valence-corrected chi connectivity index (χ4v) is 3.72. The van der Waals surface area contributed by atoms with Gasteiger partial charge in [-0.2, -0.15) is 11.8 Å². The Balaban J connectivity index is 1.91. The first-order valence-corrected chi connectivity index (χ1v) is 8.90. The molecule has 21 heavy (non-hydrogen) atoms. The van der Waals surface area contributed by atoms with Crippen LogP contribution in [0.25, 0.3) is 0 Å². The Morgan fingerprint density at radius 1 is 1.43 bits per heavy atom. The number of carbonyl (C=O) groups is 2. The van der Waals surface area contributed by atoms with E-state index in [1.165, 1.54) is 11.8 Å². The van der Waals surface area contributed by atoms with Gasteiger partial charge in [0, 0.05) is 35.4 Å². The van der Waals surface area contributed by atoms with Gasteiger partial charge in [-0.15, -0.1) is 11.8 Å². The van der Waals surface area contributed by atoms with Gasteiger partial charge in [0.05, 0.1) is 11.4 Å². The fraction of sp³-hybridized carbons (Fsp3) is 0.429. The summed E-state index contributed by atoms with van der Waals surface area (Å²) in [6.07, 6.45) is 0.460. The van der Waals surface area contributed by atoms with Crippen molar-refractivity contribution in [2.45, 2.75) is 17.4 Å². The summed E-state index contributed by atoms with van der Waals surface area (Å²) in [5.74, 6) is 1.89. The molecule has 1 atom stereocenters. The number of hydrogen-bond acceptors (Lipinski definition) is 5. The molecule has 7 heteroatoms. The Morgan fingerprint density at radius 3 is 2.95 bits per heavy atom. The second-order valence-corrected chi connectivity index (χ2v) is 6.90. The van der Waals surface area contributed by atoms with Crippen LogP contribution in [0, 0.1) is 0 Å². The van der Waals surface area contributed by atoms with Crippen LogP contribution in [-0.2, 0) is 9.59 Å². The van der Waals surface area contributed by atoms with Gasteiger partial charge in [0.15, 0.2) is 0 Å². The molecule has 1 aromatic carbocycles. The van der Waals surface area contributed by atoms with Gasteiger partial charge in [-0.3, -0.25) is 9.59 Å². The molecule has 0 bridgehead atoms. The standard InChI is InChI=1S/C14H19N3O2S2/c15-13(18)9-21-12-4-2-1-3-11(12)17-14(19)7-10-8-20-6-5-16-10/h1-4,10,16H,5-9H2,(H2,15,18)(H,17,19). The van der Waals surface area contributed by atoms with E-state index in [2.05, 4.69) is 10.6 Å². The number of nitrogens with two attached hydrogens (primary N) is 1. The van der Waals surface area contributed by atoms with Crippen LogP contribution in [0.5, 0.6) is 0 Å². The Morgan fingerprint density at radius 2 is 2.24 bits per heavy atom. The summed E-state index contributed by atoms with van der Waals surface area (Å²) in [7, 11) is 0. The molecule has 0 aliphatic carbocycles. The Hall–Kier alpha value is -1.18. The Labute approximate surface area is 132 Å². The molecular weight excluding hydrogens is 306 g/mol. The molecule has 1 aliphatic rings. The molecule has 114 valence electrons. The number of thioether (sulfide) groups is 2. The van der Waals surface area contributed by atoms with Crippen LogP contribution in [0.3, 0.4) is 0 Å². The highest BCUT2D eigenvalue weighted by molar-refractivity contribution is 8.00. The maximum Gasteiger partial charge on any atom is 0.227 e. The molecule has 1 aromatic rings. The van der Waals surface area contributed by atoms with Gasteiger partial charge in [0.2, 0.25) is 11.8 Å². The van der Waals surface area contributed by atoms with Crippen molar-refractivity contribution in [3.05, 3.63) is 24.3 Å². The number of carbonyl (C=O) groups excluding carboxylic acids is 2. The summed E-state index contributed by atoms with van der Waals surface area (Å²) in [5, 5.41) is 6.26. The zero-order valence-corrected chi connectivity index (χ0v) is 13.3. The third kappa shape index (κ3) is 5.61. The minimum absolute atomic E-state index is 0.0119. The van der Waals surface area contributed by atoms with Gasteiger partial charge in [0.25, 0.3) is 0 Å². The summed E-state index contributed by atoms with van der Waals surface area (Å²) in [6.45, 7) is 0.952. The molecule has 0 saturated carbocycles. The van der Waals surface area contributed by atoms with E-state index in [1.54, 1.807) is 0 Å². The molecule has 1 heterocycles. The summed E-state index contributed by atoms with van der Waals surface area (Å²) in [5.41, 5.74) is 5.89. The van der Waals surface area contributed by atoms with Gasteiger partial charge in [-0.1, -0.05) is 12.1 Å². The first-order valence-electron chi connectivity index (χ1n) is 6.76. The van der Waals surface area contributed by atoms with Crippen molar-refractivity contribution in [2.24, 2.45) is 5.73 Å². The van der Waals surface area contributed by atoms with Gasteiger partial charge in [-0.25, -0.2) is 0 Å². The van der Waals surface area contributed by atoms with Crippen molar-refractivity contribution < 1.29 is 9.59 Å². The molecule has 2 amide bonds. The number of benzene rings is 1. The molecule has 5 nitrogen and oxygen atoms in total. The number of para-hydroxylation sites is 1. The van der Waals surface area contributed by atoms with Gasteiger partial charge < -0.3 is 16.4 Å². The molecule has 0 aromatic heterocycles. The second kappa shape index (κ2) is 8.31. The lowest BCUT2D eigenvalue weighted by atomic mass is 10.2. The molecule has 2 rings (SSSR count). The van der Waals surface area contributed by atoms with E-state index >= 15 is 0 Å². The summed E-state index contributed by atoms with van der Waals surface area (Å²) in [4.78, 5) is 23.8. The quantitative estimate of drug-likeness (QED) is 0.687. The zero-order valence-electron chi connectivity index (χ0n) is 11.6. The number of rotatable bonds is 6. The van der Waals surface area contributed by atoms with Crippen molar-refractivity contribution in [1.29, 1.82) is 0 Å². The third-order valence-electron chi connectivity index (χ3n) is 2.96. The molecule has 1 unspecified atom stereocenters. The molecule has 1 fully saturated rings. The molecule has 0 spiro atoms. The van der Waals surface area contributed by atoms with E-state index in [1.807, 2.05) is 36.0 Å². The monoisotopic (exact) mass is 325 g/mol. The zero-order chi connectivity index (χ0) is 15.1. The highest BCUT2D eigenvalue weighted by atomic mass is 32.2. The first kappa shape index (κ1) is 16.2. The molecule has 1 aliphatic heterocycles. The average molecular weight is 325 g/mol. The van der Waals surface area contributed by atoms with E-state index in [0.717, 1.165) is 28.6 Å². The lowest BCUT2D eigenvalue weighted by Gasteiger charge is -2.22. The summed E-state index contributed by atoms with van der Waals surface area (Å²) < 4.78 is 0. The van der Waals surface area contributed by atoms with Crippen molar-refractivity contribution in [3.63, 3.8) is 0 Å². The fourth-order valence-electron chi connectivity index (χ4n) is 2.02. The maximum atomic E-state index is 12.1. The van der Waals surface area contributed by atoms with Crippen molar-refractivity contribution >= 4 is 41.0 Å². The van der Waals surface area contributed by atoms with E-state index < -0.39 is 0 Å². The van der Waals surface area contributed by atoms with Crippen LogP contribution in [0.1, 0.15) is 6.42 Å². The number of primary amides is 1. The number of hydrogen-bond donors (Lipinski definition) is 3. The molecular formula is C14H19N3O2S2. The normalized spacial score (nSPS) is 18.2. The van der Waals surface area contributed by atoms with E-state index in [-0.39, 0.29) is 23.6 Å². The Kier molecular flexibility index (Phi) is 6.41. The number of amides is 2.